The van der Waals surface area contributed by atoms with Crippen LogP contribution >= 0.6 is 0 Å². The summed E-state index contributed by atoms with van der Waals surface area (Å²) in [5.74, 6) is 1.11. The summed E-state index contributed by atoms with van der Waals surface area (Å²) >= 11 is 0. The molecule has 2 aliphatic heterocycles. The van der Waals surface area contributed by atoms with E-state index in [1.165, 1.54) is 0 Å². The fourth-order valence-electron chi connectivity index (χ4n) is 4.63. The predicted molar refractivity (Wildman–Crippen MR) is 114 cm³/mol. The van der Waals surface area contributed by atoms with Gasteiger partial charge in [-0.05, 0) is 44.0 Å². The average molecular weight is 408 g/mol. The number of benzene rings is 1. The fourth-order valence-corrected chi connectivity index (χ4v) is 4.63. The molecule has 6 heteroatoms. The van der Waals surface area contributed by atoms with E-state index in [9.17, 15) is 9.59 Å². The van der Waals surface area contributed by atoms with Gasteiger partial charge in [0, 0.05) is 62.3 Å². The zero-order valence-electron chi connectivity index (χ0n) is 17.6. The van der Waals surface area contributed by atoms with Crippen LogP contribution in [0, 0.1) is 0 Å². The highest BCUT2D eigenvalue weighted by Crippen LogP contribution is 2.46. The van der Waals surface area contributed by atoms with Gasteiger partial charge in [-0.25, -0.2) is 0 Å². The number of carbonyl (C=O) groups excluding carboxylic acids is 2. The number of likely N-dealkylation sites (tertiary alicyclic amines) is 1. The van der Waals surface area contributed by atoms with Crippen LogP contribution in [0.5, 0.6) is 5.75 Å². The molecule has 158 valence electrons. The molecule has 4 rings (SSSR count). The van der Waals surface area contributed by atoms with Crippen molar-refractivity contribution in [3.63, 3.8) is 0 Å². The lowest BCUT2D eigenvalue weighted by atomic mass is 9.76. The van der Waals surface area contributed by atoms with Gasteiger partial charge >= 0.3 is 0 Å². The van der Waals surface area contributed by atoms with Crippen molar-refractivity contribution in [1.82, 2.24) is 15.2 Å². The van der Waals surface area contributed by atoms with Crippen LogP contribution in [0.4, 0.5) is 0 Å². The maximum atomic E-state index is 12.8. The van der Waals surface area contributed by atoms with E-state index in [0.717, 1.165) is 30.6 Å². The van der Waals surface area contributed by atoms with E-state index in [-0.39, 0.29) is 29.4 Å². The highest BCUT2D eigenvalue weighted by atomic mass is 16.5. The van der Waals surface area contributed by atoms with Crippen LogP contribution in [0.2, 0.25) is 0 Å². The first-order chi connectivity index (χ1) is 14.5. The number of aromatic nitrogens is 1. The zero-order chi connectivity index (χ0) is 21.1. The highest BCUT2D eigenvalue weighted by Gasteiger charge is 2.44. The molecule has 2 aliphatic rings. The Morgan fingerprint density at radius 2 is 1.87 bits per heavy atom. The number of ether oxygens (including phenoxy) is 1. The number of pyridine rings is 1. The van der Waals surface area contributed by atoms with Gasteiger partial charge in [-0.1, -0.05) is 18.2 Å². The Balaban J connectivity index is 1.48. The van der Waals surface area contributed by atoms with Gasteiger partial charge in [0.25, 0.3) is 5.91 Å². The van der Waals surface area contributed by atoms with E-state index in [0.29, 0.717) is 25.1 Å². The smallest absolute Gasteiger partial charge is 0.253 e. The first-order valence-electron chi connectivity index (χ1n) is 10.7. The number of para-hydroxylation sites is 1. The quantitative estimate of drug-likeness (QED) is 0.842. The van der Waals surface area contributed by atoms with Crippen LogP contribution in [0.15, 0.2) is 48.8 Å². The summed E-state index contributed by atoms with van der Waals surface area (Å²) in [4.78, 5) is 31.2. The van der Waals surface area contributed by atoms with Gasteiger partial charge in [0.05, 0.1) is 0 Å². The van der Waals surface area contributed by atoms with Crippen molar-refractivity contribution in [3.8, 4) is 5.75 Å². The average Bonchev–Trinajstić information content (AvgIpc) is 2.74. The molecule has 6 nitrogen and oxygen atoms in total. The summed E-state index contributed by atoms with van der Waals surface area (Å²) < 4.78 is 6.51. The van der Waals surface area contributed by atoms with Gasteiger partial charge in [0.1, 0.15) is 11.4 Å². The minimum Gasteiger partial charge on any atom is -0.487 e. The Morgan fingerprint density at radius 1 is 1.17 bits per heavy atom. The third-order valence-corrected chi connectivity index (χ3v) is 6.07. The maximum absolute atomic E-state index is 12.8. The Labute approximate surface area is 177 Å². The Morgan fingerprint density at radius 3 is 2.57 bits per heavy atom. The first kappa shape index (κ1) is 20.4. The summed E-state index contributed by atoms with van der Waals surface area (Å²) in [6, 6.07) is 11.7. The summed E-state index contributed by atoms with van der Waals surface area (Å²) in [5.41, 5.74) is 1.45. The van der Waals surface area contributed by atoms with Gasteiger partial charge in [0.2, 0.25) is 5.91 Å². The second-order valence-corrected chi connectivity index (χ2v) is 8.68. The van der Waals surface area contributed by atoms with Crippen molar-refractivity contribution in [3.05, 3.63) is 59.9 Å². The highest BCUT2D eigenvalue weighted by molar-refractivity contribution is 5.94. The first-order valence-corrected chi connectivity index (χ1v) is 10.7. The van der Waals surface area contributed by atoms with Crippen LogP contribution in [-0.2, 0) is 4.79 Å². The van der Waals surface area contributed by atoms with Crippen molar-refractivity contribution in [2.75, 3.05) is 13.1 Å². The van der Waals surface area contributed by atoms with Gasteiger partial charge in [-0.2, -0.15) is 0 Å². The van der Waals surface area contributed by atoms with Gasteiger partial charge in [-0.3, -0.25) is 14.6 Å². The van der Waals surface area contributed by atoms with Gasteiger partial charge in [0.15, 0.2) is 0 Å². The molecule has 30 heavy (non-hydrogen) atoms. The molecule has 0 unspecified atom stereocenters. The lowest BCUT2D eigenvalue weighted by Gasteiger charge is -2.47. The monoisotopic (exact) mass is 407 g/mol. The van der Waals surface area contributed by atoms with Crippen LogP contribution < -0.4 is 10.1 Å². The number of amides is 2. The zero-order valence-corrected chi connectivity index (χ0v) is 17.6. The number of hydrogen-bond acceptors (Lipinski definition) is 4. The Kier molecular flexibility index (Phi) is 5.75. The summed E-state index contributed by atoms with van der Waals surface area (Å²) in [5, 5.41) is 3.01. The molecule has 1 spiro atoms. The lowest BCUT2D eigenvalue weighted by Crippen LogP contribution is -2.52. The molecule has 1 aromatic carbocycles. The summed E-state index contributed by atoms with van der Waals surface area (Å²) in [7, 11) is 0. The number of fused-ring (bicyclic) bond motifs is 1. The normalized spacial score (nSPS) is 19.8. The molecule has 1 aromatic heterocycles. The second kappa shape index (κ2) is 8.46. The molecule has 0 bridgehead atoms. The minimum absolute atomic E-state index is 0.0383. The number of carbonyl (C=O) groups is 2. The van der Waals surface area contributed by atoms with E-state index in [4.69, 9.17) is 4.74 Å². The van der Waals surface area contributed by atoms with E-state index < -0.39 is 0 Å². The van der Waals surface area contributed by atoms with Gasteiger partial charge < -0.3 is 15.0 Å². The third-order valence-electron chi connectivity index (χ3n) is 6.07. The van der Waals surface area contributed by atoms with Gasteiger partial charge in [-0.15, -0.1) is 0 Å². The molecule has 0 radical (unpaired) electrons. The van der Waals surface area contributed by atoms with E-state index >= 15 is 0 Å². The van der Waals surface area contributed by atoms with Crippen molar-refractivity contribution in [2.45, 2.75) is 57.1 Å². The number of piperidine rings is 1. The second-order valence-electron chi connectivity index (χ2n) is 8.68. The number of nitrogens with zero attached hydrogens (tertiary/aromatic N) is 2. The van der Waals surface area contributed by atoms with E-state index in [2.05, 4.69) is 16.4 Å². The minimum atomic E-state index is -0.327. The van der Waals surface area contributed by atoms with Crippen molar-refractivity contribution >= 4 is 11.8 Å². The molecule has 3 heterocycles. The third kappa shape index (κ3) is 4.32. The summed E-state index contributed by atoms with van der Waals surface area (Å²) in [6.07, 6.45) is 6.08. The molecule has 2 amide bonds. The molecule has 1 fully saturated rings. The molecule has 1 saturated heterocycles. The largest absolute Gasteiger partial charge is 0.487 e. The topological polar surface area (TPSA) is 71.5 Å². The predicted octanol–water partition coefficient (Wildman–Crippen LogP) is 3.54. The van der Waals surface area contributed by atoms with Crippen LogP contribution in [0.25, 0.3) is 0 Å². The fraction of sp³-hybridized carbons (Fsp3) is 0.458. The van der Waals surface area contributed by atoms with Crippen LogP contribution in [-0.4, -0.2) is 46.4 Å². The molecule has 2 aromatic rings. The van der Waals surface area contributed by atoms with E-state index in [1.807, 2.05) is 36.9 Å². The molecule has 1 N–H and O–H groups in total. The van der Waals surface area contributed by atoms with Crippen molar-refractivity contribution < 1.29 is 14.3 Å². The van der Waals surface area contributed by atoms with Crippen LogP contribution in [0.1, 0.15) is 61.4 Å². The lowest BCUT2D eigenvalue weighted by molar-refractivity contribution is -0.122. The molecule has 1 atom stereocenters. The number of rotatable bonds is 4. The SMILES string of the molecule is CC(C)NC(=O)C[C@H]1CC2(CCN(C(=O)c3ccncc3)CC2)Oc2ccccc21. The molecular weight excluding hydrogens is 378 g/mol. The van der Waals surface area contributed by atoms with E-state index in [1.54, 1.807) is 24.5 Å². The Hall–Kier alpha value is -2.89. The van der Waals surface area contributed by atoms with Crippen molar-refractivity contribution in [2.24, 2.45) is 0 Å². The standard InChI is InChI=1S/C24H29N3O3/c1-17(2)26-22(28)15-19-16-24(30-21-6-4-3-5-20(19)21)9-13-27(14-10-24)23(29)18-7-11-25-12-8-18/h3-8,11-12,17,19H,9-10,13-16H2,1-2H3,(H,26,28)/t19-/m0/s1. The van der Waals surface area contributed by atoms with Crippen molar-refractivity contribution in [1.29, 1.82) is 0 Å². The Bertz CT molecular complexity index is 905. The van der Waals surface area contributed by atoms with Crippen LogP contribution in [0.3, 0.4) is 0 Å². The number of hydrogen-bond donors (Lipinski definition) is 1. The number of nitrogens with one attached hydrogen (secondary N) is 1. The maximum Gasteiger partial charge on any atom is 0.253 e. The molecule has 0 saturated carbocycles. The molecular formula is C24H29N3O3. The summed E-state index contributed by atoms with van der Waals surface area (Å²) in [6.45, 7) is 5.25. The molecule has 0 aliphatic carbocycles.